The smallest absolute Gasteiger partial charge is 0.277 e. The van der Waals surface area contributed by atoms with Crippen LogP contribution in [0.1, 0.15) is 50.1 Å². The lowest BCUT2D eigenvalue weighted by atomic mass is 9.98. The largest absolute Gasteiger partial charge is 0.414 e. The molecule has 1 N–H and O–H groups in total. The Morgan fingerprint density at radius 1 is 1.26 bits per heavy atom. The summed E-state index contributed by atoms with van der Waals surface area (Å²) in [4.78, 5) is 14.6. The summed E-state index contributed by atoms with van der Waals surface area (Å²) in [5.41, 5.74) is 3.47. The van der Waals surface area contributed by atoms with Gasteiger partial charge in [0.1, 0.15) is 0 Å². The van der Waals surface area contributed by atoms with E-state index in [1.807, 2.05) is 4.90 Å². The molecular formula is C20H28N4O2S. The van der Waals surface area contributed by atoms with Crippen molar-refractivity contribution in [3.63, 3.8) is 0 Å². The Balaban J connectivity index is 1.51. The number of amides is 1. The van der Waals surface area contributed by atoms with Crippen molar-refractivity contribution in [3.05, 3.63) is 35.2 Å². The van der Waals surface area contributed by atoms with E-state index in [0.717, 1.165) is 18.5 Å². The molecule has 1 aliphatic rings. The molecule has 1 saturated heterocycles. The molecule has 1 aliphatic heterocycles. The number of carbonyl (C=O) groups excluding carboxylic acids is 1. The average Bonchev–Trinajstić information content (AvgIpc) is 3.07. The highest BCUT2D eigenvalue weighted by Crippen LogP contribution is 2.25. The van der Waals surface area contributed by atoms with Crippen LogP contribution in [0.25, 0.3) is 0 Å². The first-order chi connectivity index (χ1) is 12.9. The zero-order valence-corrected chi connectivity index (χ0v) is 17.3. The highest BCUT2D eigenvalue weighted by molar-refractivity contribution is 7.99. The maximum Gasteiger partial charge on any atom is 0.277 e. The van der Waals surface area contributed by atoms with Crippen LogP contribution in [0.3, 0.4) is 0 Å². The molecule has 6 nitrogen and oxygen atoms in total. The summed E-state index contributed by atoms with van der Waals surface area (Å²) < 4.78 is 5.67. The Bertz CT molecular complexity index is 782. The summed E-state index contributed by atoms with van der Waals surface area (Å²) in [6.07, 6.45) is 3.35. The second-order valence-electron chi connectivity index (χ2n) is 7.35. The van der Waals surface area contributed by atoms with Crippen LogP contribution in [-0.2, 0) is 11.3 Å². The van der Waals surface area contributed by atoms with Gasteiger partial charge in [0.2, 0.25) is 11.8 Å². The van der Waals surface area contributed by atoms with Gasteiger partial charge in [0.15, 0.2) is 0 Å². The van der Waals surface area contributed by atoms with Crippen LogP contribution in [0.4, 0.5) is 5.69 Å². The van der Waals surface area contributed by atoms with Gasteiger partial charge in [-0.2, -0.15) is 0 Å². The third-order valence-electron chi connectivity index (χ3n) is 5.06. The molecule has 1 aromatic heterocycles. The van der Waals surface area contributed by atoms with Crippen molar-refractivity contribution in [3.8, 4) is 0 Å². The fourth-order valence-corrected chi connectivity index (χ4v) is 4.31. The van der Waals surface area contributed by atoms with Crippen LogP contribution in [0, 0.1) is 13.8 Å². The maximum atomic E-state index is 12.6. The van der Waals surface area contributed by atoms with Gasteiger partial charge in [-0.05, 0) is 58.6 Å². The molecule has 0 unspecified atom stereocenters. The number of nitrogens with one attached hydrogen (secondary N) is 1. The third-order valence-corrected chi connectivity index (χ3v) is 5.86. The van der Waals surface area contributed by atoms with Crippen molar-refractivity contribution in [1.29, 1.82) is 0 Å². The summed E-state index contributed by atoms with van der Waals surface area (Å²) in [7, 11) is 0. The number of nitrogens with zero attached hydrogens (tertiary/aromatic N) is 3. The first-order valence-electron chi connectivity index (χ1n) is 9.51. The van der Waals surface area contributed by atoms with E-state index in [9.17, 15) is 4.79 Å². The topological polar surface area (TPSA) is 71.3 Å². The number of piperidine rings is 1. The quantitative estimate of drug-likeness (QED) is 0.749. The lowest BCUT2D eigenvalue weighted by Crippen LogP contribution is -2.48. The van der Waals surface area contributed by atoms with E-state index in [0.29, 0.717) is 35.5 Å². The Morgan fingerprint density at radius 2 is 2.00 bits per heavy atom. The fraction of sp³-hybridized carbons (Fsp3) is 0.550. The molecule has 7 heteroatoms. The number of rotatable bonds is 6. The lowest BCUT2D eigenvalue weighted by Gasteiger charge is -2.39. The van der Waals surface area contributed by atoms with Gasteiger partial charge < -0.3 is 14.6 Å². The minimum atomic E-state index is 0.146. The van der Waals surface area contributed by atoms with Gasteiger partial charge in [-0.15, -0.1) is 10.2 Å². The van der Waals surface area contributed by atoms with Crippen LogP contribution in [0.5, 0.6) is 0 Å². The van der Waals surface area contributed by atoms with Crippen LogP contribution >= 0.6 is 11.8 Å². The molecule has 1 amide bonds. The van der Waals surface area contributed by atoms with Crippen molar-refractivity contribution in [1.82, 2.24) is 15.1 Å². The van der Waals surface area contributed by atoms with E-state index in [1.165, 1.54) is 29.3 Å². The molecule has 2 heterocycles. The van der Waals surface area contributed by atoms with E-state index < -0.39 is 0 Å². The molecule has 0 bridgehead atoms. The molecule has 0 aliphatic carbocycles. The zero-order chi connectivity index (χ0) is 19.4. The second-order valence-corrected chi connectivity index (χ2v) is 8.28. The molecule has 0 spiro atoms. The van der Waals surface area contributed by atoms with Gasteiger partial charge in [-0.1, -0.05) is 29.5 Å². The maximum absolute atomic E-state index is 12.6. The molecule has 27 heavy (non-hydrogen) atoms. The molecule has 146 valence electrons. The molecule has 0 saturated carbocycles. The fourth-order valence-electron chi connectivity index (χ4n) is 3.66. The van der Waals surface area contributed by atoms with Gasteiger partial charge in [-0.3, -0.25) is 4.79 Å². The van der Waals surface area contributed by atoms with E-state index in [-0.39, 0.29) is 5.91 Å². The Labute approximate surface area is 165 Å². The van der Waals surface area contributed by atoms with Gasteiger partial charge >= 0.3 is 0 Å². The summed E-state index contributed by atoms with van der Waals surface area (Å²) in [5, 5.41) is 11.9. The van der Waals surface area contributed by atoms with Crippen LogP contribution in [0.2, 0.25) is 0 Å². The van der Waals surface area contributed by atoms with Crippen LogP contribution in [-0.4, -0.2) is 38.8 Å². The predicted molar refractivity (Wildman–Crippen MR) is 108 cm³/mol. The number of benzene rings is 1. The number of thioether (sulfide) groups is 1. The third kappa shape index (κ3) is 5.03. The van der Waals surface area contributed by atoms with Crippen LogP contribution < -0.4 is 5.32 Å². The molecule has 2 aromatic rings. The second kappa shape index (κ2) is 8.78. The van der Waals surface area contributed by atoms with E-state index in [2.05, 4.69) is 61.4 Å². The minimum absolute atomic E-state index is 0.146. The van der Waals surface area contributed by atoms with Crippen molar-refractivity contribution in [2.45, 2.75) is 70.8 Å². The minimum Gasteiger partial charge on any atom is -0.414 e. The number of carbonyl (C=O) groups is 1. The zero-order valence-electron chi connectivity index (χ0n) is 16.5. The number of aryl methyl sites for hydroxylation is 2. The van der Waals surface area contributed by atoms with Crippen molar-refractivity contribution in [2.75, 3.05) is 11.1 Å². The van der Waals surface area contributed by atoms with Crippen molar-refractivity contribution < 1.29 is 9.21 Å². The lowest BCUT2D eigenvalue weighted by molar-refractivity contribution is -0.134. The number of aromatic nitrogens is 2. The molecule has 0 radical (unpaired) electrons. The molecule has 1 fully saturated rings. The highest BCUT2D eigenvalue weighted by Gasteiger charge is 2.29. The van der Waals surface area contributed by atoms with Gasteiger partial charge in [0.25, 0.3) is 5.22 Å². The summed E-state index contributed by atoms with van der Waals surface area (Å²) >= 11 is 1.31. The predicted octanol–water partition coefficient (Wildman–Crippen LogP) is 4.18. The summed E-state index contributed by atoms with van der Waals surface area (Å²) in [6, 6.07) is 6.87. The SMILES string of the molecule is Cc1ccc(NCc2nnc(SCC(=O)N3[C@H](C)CCC[C@@H]3C)o2)c(C)c1. The van der Waals surface area contributed by atoms with Gasteiger partial charge in [-0.25, -0.2) is 0 Å². The molecule has 3 rings (SSSR count). The number of likely N-dealkylation sites (tertiary alicyclic amines) is 1. The van der Waals surface area contributed by atoms with Crippen LogP contribution in [0.15, 0.2) is 27.8 Å². The van der Waals surface area contributed by atoms with E-state index in [1.54, 1.807) is 0 Å². The van der Waals surface area contributed by atoms with Crippen molar-refractivity contribution >= 4 is 23.4 Å². The molecule has 1 aromatic carbocycles. The van der Waals surface area contributed by atoms with E-state index >= 15 is 0 Å². The monoisotopic (exact) mass is 388 g/mol. The average molecular weight is 389 g/mol. The Hall–Kier alpha value is -2.02. The first kappa shape index (κ1) is 19.7. The summed E-state index contributed by atoms with van der Waals surface area (Å²) in [6.45, 7) is 8.86. The summed E-state index contributed by atoms with van der Waals surface area (Å²) in [5.74, 6) is 0.998. The molecular weight excluding hydrogens is 360 g/mol. The molecule has 2 atom stereocenters. The van der Waals surface area contributed by atoms with Gasteiger partial charge in [0, 0.05) is 17.8 Å². The Kier molecular flexibility index (Phi) is 6.42. The first-order valence-corrected chi connectivity index (χ1v) is 10.5. The van der Waals surface area contributed by atoms with Crippen molar-refractivity contribution in [2.24, 2.45) is 0 Å². The van der Waals surface area contributed by atoms with Gasteiger partial charge in [0.05, 0.1) is 12.3 Å². The van der Waals surface area contributed by atoms with E-state index in [4.69, 9.17) is 4.42 Å². The normalized spacial score (nSPS) is 19.9. The number of anilines is 1. The Morgan fingerprint density at radius 3 is 2.70 bits per heavy atom. The standard InChI is InChI=1S/C20H28N4O2S/c1-13-8-9-17(14(2)10-13)21-11-18-22-23-20(26-18)27-12-19(25)24-15(3)6-5-7-16(24)4/h8-10,15-16,21H,5-7,11-12H2,1-4H3/t15-,16+. The number of hydrogen-bond donors (Lipinski definition) is 1. The highest BCUT2D eigenvalue weighted by atomic mass is 32.2. The number of hydrogen-bond acceptors (Lipinski definition) is 6.